The summed E-state index contributed by atoms with van der Waals surface area (Å²) in [5.41, 5.74) is -0.519. The summed E-state index contributed by atoms with van der Waals surface area (Å²) in [7, 11) is 0. The van der Waals surface area contributed by atoms with Crippen LogP contribution in [0.2, 0.25) is 0 Å². The molecule has 130 valence electrons. The van der Waals surface area contributed by atoms with Crippen LogP contribution in [0.25, 0.3) is 0 Å². The van der Waals surface area contributed by atoms with Gasteiger partial charge in [0.25, 0.3) is 0 Å². The van der Waals surface area contributed by atoms with Crippen LogP contribution in [0.3, 0.4) is 0 Å². The third-order valence-electron chi connectivity index (χ3n) is 3.22. The summed E-state index contributed by atoms with van der Waals surface area (Å²) in [6, 6.07) is 0. The predicted octanol–water partition coefficient (Wildman–Crippen LogP) is 0.739. The van der Waals surface area contributed by atoms with Gasteiger partial charge in [-0.2, -0.15) is 0 Å². The van der Waals surface area contributed by atoms with Crippen LogP contribution in [0.5, 0.6) is 0 Å². The zero-order chi connectivity index (χ0) is 16.6. The van der Waals surface area contributed by atoms with Gasteiger partial charge in [-0.25, -0.2) is 4.79 Å². The first-order chi connectivity index (χ1) is 10.3. The van der Waals surface area contributed by atoms with Crippen molar-refractivity contribution in [3.8, 4) is 0 Å². The van der Waals surface area contributed by atoms with Gasteiger partial charge in [0.2, 0.25) is 0 Å². The first-order valence-electron chi connectivity index (χ1n) is 7.95. The Morgan fingerprint density at radius 2 is 2.14 bits per heavy atom. The van der Waals surface area contributed by atoms with E-state index in [2.05, 4.69) is 10.6 Å². The van der Waals surface area contributed by atoms with Gasteiger partial charge >= 0.3 is 6.09 Å². The van der Waals surface area contributed by atoms with Crippen molar-refractivity contribution in [2.45, 2.75) is 70.6 Å². The van der Waals surface area contributed by atoms with Crippen molar-refractivity contribution in [1.82, 2.24) is 10.6 Å². The molecule has 22 heavy (non-hydrogen) atoms. The number of hydrogen-bond donors (Lipinski definition) is 4. The number of carbonyl (C=O) groups excluding carboxylic acids is 1. The van der Waals surface area contributed by atoms with Crippen LogP contribution in [0, 0.1) is 0 Å². The summed E-state index contributed by atoms with van der Waals surface area (Å²) in [6.45, 7) is 6.79. The summed E-state index contributed by atoms with van der Waals surface area (Å²) >= 11 is 0. The number of alkyl carbamates (subject to hydrolysis) is 1. The SMILES string of the molecule is CC(C)(C)OC(=O)NCCC(O)CNC[C@@H]1CCC[C@@H](O)O1. The molecule has 1 aliphatic heterocycles. The van der Waals surface area contributed by atoms with Gasteiger partial charge in [-0.05, 0) is 46.5 Å². The summed E-state index contributed by atoms with van der Waals surface area (Å²) in [5.74, 6) is 0. The number of rotatable bonds is 7. The second kappa shape index (κ2) is 9.29. The number of hydrogen-bond acceptors (Lipinski definition) is 6. The molecule has 1 unspecified atom stereocenters. The zero-order valence-electron chi connectivity index (χ0n) is 13.8. The lowest BCUT2D eigenvalue weighted by atomic mass is 10.1. The van der Waals surface area contributed by atoms with Crippen molar-refractivity contribution < 1.29 is 24.5 Å². The number of ether oxygens (including phenoxy) is 2. The lowest BCUT2D eigenvalue weighted by molar-refractivity contribution is -0.160. The van der Waals surface area contributed by atoms with E-state index in [1.54, 1.807) is 20.8 Å². The van der Waals surface area contributed by atoms with Crippen LogP contribution in [0.15, 0.2) is 0 Å². The van der Waals surface area contributed by atoms with E-state index in [-0.39, 0.29) is 6.10 Å². The van der Waals surface area contributed by atoms with Gasteiger partial charge < -0.3 is 30.3 Å². The Hall–Kier alpha value is -0.890. The van der Waals surface area contributed by atoms with Crippen LogP contribution in [-0.4, -0.2) is 60.0 Å². The van der Waals surface area contributed by atoms with Gasteiger partial charge in [0.05, 0.1) is 12.2 Å². The molecular formula is C15H30N2O5. The molecule has 1 rings (SSSR count). The molecule has 0 bridgehead atoms. The molecule has 0 aliphatic carbocycles. The number of nitrogens with one attached hydrogen (secondary N) is 2. The highest BCUT2D eigenvalue weighted by Gasteiger charge is 2.20. The number of aliphatic hydroxyl groups is 2. The Bertz CT molecular complexity index is 332. The van der Waals surface area contributed by atoms with E-state index < -0.39 is 24.1 Å². The Morgan fingerprint density at radius 1 is 1.41 bits per heavy atom. The molecule has 0 radical (unpaired) electrons. The third kappa shape index (κ3) is 9.19. The number of aliphatic hydroxyl groups excluding tert-OH is 2. The third-order valence-corrected chi connectivity index (χ3v) is 3.22. The Balaban J connectivity index is 2.03. The smallest absolute Gasteiger partial charge is 0.407 e. The minimum Gasteiger partial charge on any atom is -0.444 e. The molecule has 1 amide bonds. The van der Waals surface area contributed by atoms with Crippen LogP contribution in [-0.2, 0) is 9.47 Å². The van der Waals surface area contributed by atoms with E-state index >= 15 is 0 Å². The second-order valence-corrected chi connectivity index (χ2v) is 6.67. The van der Waals surface area contributed by atoms with Gasteiger partial charge in [-0.15, -0.1) is 0 Å². The molecule has 0 aromatic rings. The fourth-order valence-corrected chi connectivity index (χ4v) is 2.20. The molecule has 7 nitrogen and oxygen atoms in total. The quantitative estimate of drug-likeness (QED) is 0.552. The number of amides is 1. The van der Waals surface area contributed by atoms with Gasteiger partial charge in [0, 0.05) is 19.6 Å². The van der Waals surface area contributed by atoms with E-state index in [9.17, 15) is 15.0 Å². The lowest BCUT2D eigenvalue weighted by Gasteiger charge is -2.27. The van der Waals surface area contributed by atoms with Crippen LogP contribution >= 0.6 is 0 Å². The van der Waals surface area contributed by atoms with Crippen LogP contribution in [0.1, 0.15) is 46.5 Å². The minimum absolute atomic E-state index is 0.00385. The van der Waals surface area contributed by atoms with E-state index in [1.807, 2.05) is 0 Å². The average Bonchev–Trinajstić information content (AvgIpc) is 2.36. The van der Waals surface area contributed by atoms with Crippen LogP contribution < -0.4 is 10.6 Å². The largest absolute Gasteiger partial charge is 0.444 e. The minimum atomic E-state index is -0.663. The monoisotopic (exact) mass is 318 g/mol. The Labute approximate surface area is 132 Å². The molecule has 1 fully saturated rings. The lowest BCUT2D eigenvalue weighted by Crippen LogP contribution is -2.39. The van der Waals surface area contributed by atoms with E-state index in [1.165, 1.54) is 0 Å². The molecule has 1 heterocycles. The zero-order valence-corrected chi connectivity index (χ0v) is 13.8. The van der Waals surface area contributed by atoms with Crippen molar-refractivity contribution in [1.29, 1.82) is 0 Å². The average molecular weight is 318 g/mol. The van der Waals surface area contributed by atoms with Gasteiger partial charge in [0.1, 0.15) is 5.60 Å². The van der Waals surface area contributed by atoms with Crippen molar-refractivity contribution in [3.05, 3.63) is 0 Å². The molecule has 1 saturated heterocycles. The fourth-order valence-electron chi connectivity index (χ4n) is 2.20. The highest BCUT2D eigenvalue weighted by Crippen LogP contribution is 2.16. The topological polar surface area (TPSA) is 100 Å². The predicted molar refractivity (Wildman–Crippen MR) is 82.5 cm³/mol. The highest BCUT2D eigenvalue weighted by atomic mass is 16.6. The maximum Gasteiger partial charge on any atom is 0.407 e. The molecule has 3 atom stereocenters. The molecule has 7 heteroatoms. The second-order valence-electron chi connectivity index (χ2n) is 6.67. The standard InChI is InChI=1S/C15H30N2O5/c1-15(2,3)22-14(20)17-8-7-11(18)9-16-10-12-5-4-6-13(19)21-12/h11-13,16,18-19H,4-10H2,1-3H3,(H,17,20)/t11?,12-,13-/m0/s1. The Morgan fingerprint density at radius 3 is 2.77 bits per heavy atom. The van der Waals surface area contributed by atoms with E-state index in [4.69, 9.17) is 9.47 Å². The number of carbonyl (C=O) groups is 1. The summed E-state index contributed by atoms with van der Waals surface area (Å²) in [4.78, 5) is 11.4. The van der Waals surface area contributed by atoms with Crippen molar-refractivity contribution >= 4 is 6.09 Å². The van der Waals surface area contributed by atoms with E-state index in [0.717, 1.165) is 12.8 Å². The molecule has 0 spiro atoms. The summed E-state index contributed by atoms with van der Waals surface area (Å²) in [6.07, 6.45) is 1.31. The Kier molecular flexibility index (Phi) is 8.09. The van der Waals surface area contributed by atoms with Gasteiger partial charge in [-0.3, -0.25) is 0 Å². The molecule has 1 aliphatic rings. The summed E-state index contributed by atoms with van der Waals surface area (Å²) in [5, 5.41) is 24.9. The summed E-state index contributed by atoms with van der Waals surface area (Å²) < 4.78 is 10.5. The van der Waals surface area contributed by atoms with Gasteiger partial charge in [-0.1, -0.05) is 0 Å². The highest BCUT2D eigenvalue weighted by molar-refractivity contribution is 5.67. The van der Waals surface area contributed by atoms with Crippen molar-refractivity contribution in [2.24, 2.45) is 0 Å². The molecule has 4 N–H and O–H groups in total. The van der Waals surface area contributed by atoms with Crippen LogP contribution in [0.4, 0.5) is 4.79 Å². The fraction of sp³-hybridized carbons (Fsp3) is 0.933. The molecule has 0 aromatic heterocycles. The first kappa shape index (κ1) is 19.2. The molecular weight excluding hydrogens is 288 g/mol. The van der Waals surface area contributed by atoms with E-state index in [0.29, 0.717) is 32.5 Å². The maximum absolute atomic E-state index is 11.4. The van der Waals surface area contributed by atoms with Gasteiger partial charge in [0.15, 0.2) is 6.29 Å². The molecule has 0 aromatic carbocycles. The molecule has 0 saturated carbocycles. The normalized spacial score (nSPS) is 23.9. The maximum atomic E-state index is 11.4. The van der Waals surface area contributed by atoms with Crippen molar-refractivity contribution in [3.63, 3.8) is 0 Å². The first-order valence-corrected chi connectivity index (χ1v) is 7.95. The van der Waals surface area contributed by atoms with Crippen molar-refractivity contribution in [2.75, 3.05) is 19.6 Å².